The predicted octanol–water partition coefficient (Wildman–Crippen LogP) is 6.42. The third kappa shape index (κ3) is 6.28. The van der Waals surface area contributed by atoms with Gasteiger partial charge in [-0.2, -0.15) is 8.42 Å². The SMILES string of the molecule is Cc1ccc(NC(=O)c2ccc(OS(=O)(=O)c3cccc(F)c3)cc2)cc1Nc1nc(-c2cccnc2)cs1. The van der Waals surface area contributed by atoms with Gasteiger partial charge in [-0.05, 0) is 79.2 Å². The van der Waals surface area contributed by atoms with Gasteiger partial charge in [0.05, 0.1) is 5.69 Å². The molecule has 8 nitrogen and oxygen atoms in total. The van der Waals surface area contributed by atoms with Gasteiger partial charge in [0.15, 0.2) is 5.13 Å². The van der Waals surface area contributed by atoms with Crippen molar-refractivity contribution >= 4 is 43.9 Å². The quantitative estimate of drug-likeness (QED) is 0.211. The van der Waals surface area contributed by atoms with E-state index in [0.29, 0.717) is 16.4 Å². The largest absolute Gasteiger partial charge is 0.379 e. The molecule has 0 fully saturated rings. The second-order valence-electron chi connectivity index (χ2n) is 8.41. The Morgan fingerprint density at radius 2 is 1.82 bits per heavy atom. The molecular formula is C28H21FN4O4S2. The maximum absolute atomic E-state index is 13.4. The summed E-state index contributed by atoms with van der Waals surface area (Å²) in [5.74, 6) is -1.09. The molecule has 0 atom stereocenters. The Morgan fingerprint density at radius 1 is 1.00 bits per heavy atom. The molecule has 2 N–H and O–H groups in total. The number of carbonyl (C=O) groups is 1. The van der Waals surface area contributed by atoms with Crippen LogP contribution in [0, 0.1) is 12.7 Å². The molecular weight excluding hydrogens is 539 g/mol. The lowest BCUT2D eigenvalue weighted by atomic mass is 10.1. The van der Waals surface area contributed by atoms with Crippen LogP contribution in [-0.4, -0.2) is 24.3 Å². The summed E-state index contributed by atoms with van der Waals surface area (Å²) in [7, 11) is -4.22. The van der Waals surface area contributed by atoms with E-state index in [0.717, 1.165) is 34.6 Å². The predicted molar refractivity (Wildman–Crippen MR) is 148 cm³/mol. The van der Waals surface area contributed by atoms with Crippen LogP contribution < -0.4 is 14.8 Å². The third-order valence-corrected chi connectivity index (χ3v) is 7.61. The molecule has 2 heterocycles. The Labute approximate surface area is 228 Å². The number of rotatable bonds is 8. The van der Waals surface area contributed by atoms with Crippen LogP contribution in [0.2, 0.25) is 0 Å². The Bertz CT molecular complexity index is 1740. The number of benzene rings is 3. The Hall–Kier alpha value is -4.61. The number of hydrogen-bond acceptors (Lipinski definition) is 8. The number of hydrogen-bond donors (Lipinski definition) is 2. The lowest BCUT2D eigenvalue weighted by molar-refractivity contribution is 0.102. The van der Waals surface area contributed by atoms with Gasteiger partial charge in [-0.1, -0.05) is 12.1 Å². The van der Waals surface area contributed by atoms with Crippen molar-refractivity contribution in [1.29, 1.82) is 0 Å². The summed E-state index contributed by atoms with van der Waals surface area (Å²) >= 11 is 1.46. The monoisotopic (exact) mass is 560 g/mol. The number of pyridine rings is 1. The standard InChI is InChI=1S/C28H21FN4O4S2/c1-18-7-10-22(15-25(18)32-28-33-26(17-38-28)20-4-3-13-30-16-20)31-27(34)19-8-11-23(12-9-19)37-39(35,36)24-6-2-5-21(29)14-24/h2-17H,1H3,(H,31,34)(H,32,33). The second kappa shape index (κ2) is 11.0. The van der Waals surface area contributed by atoms with E-state index < -0.39 is 21.8 Å². The van der Waals surface area contributed by atoms with E-state index in [2.05, 4.69) is 20.6 Å². The van der Waals surface area contributed by atoms with Crippen molar-refractivity contribution < 1.29 is 21.8 Å². The van der Waals surface area contributed by atoms with E-state index in [-0.39, 0.29) is 10.6 Å². The highest BCUT2D eigenvalue weighted by Crippen LogP contribution is 2.29. The average molecular weight is 561 g/mol. The molecule has 0 saturated carbocycles. The summed E-state index contributed by atoms with van der Waals surface area (Å²) in [5.41, 5.74) is 4.34. The van der Waals surface area contributed by atoms with Crippen LogP contribution in [0.15, 0.2) is 102 Å². The Balaban J connectivity index is 1.25. The summed E-state index contributed by atoms with van der Waals surface area (Å²) in [6.45, 7) is 1.94. The topological polar surface area (TPSA) is 110 Å². The number of halogens is 1. The smallest absolute Gasteiger partial charge is 0.339 e. The molecule has 0 aliphatic heterocycles. The Morgan fingerprint density at radius 3 is 2.56 bits per heavy atom. The first-order valence-corrected chi connectivity index (χ1v) is 13.9. The number of amides is 1. The molecule has 0 radical (unpaired) electrons. The lowest BCUT2D eigenvalue weighted by Crippen LogP contribution is -2.13. The van der Waals surface area contributed by atoms with Gasteiger partial charge in [0, 0.05) is 40.3 Å². The fourth-order valence-corrected chi connectivity index (χ4v) is 5.28. The number of nitrogens with zero attached hydrogens (tertiary/aromatic N) is 2. The molecule has 0 saturated heterocycles. The van der Waals surface area contributed by atoms with Crippen LogP contribution in [-0.2, 0) is 10.1 Å². The lowest BCUT2D eigenvalue weighted by Gasteiger charge is -2.11. The average Bonchev–Trinajstić information content (AvgIpc) is 3.40. The molecule has 5 aromatic rings. The van der Waals surface area contributed by atoms with E-state index >= 15 is 0 Å². The molecule has 0 bridgehead atoms. The highest BCUT2D eigenvalue weighted by atomic mass is 32.2. The highest BCUT2D eigenvalue weighted by molar-refractivity contribution is 7.87. The fourth-order valence-electron chi connectivity index (χ4n) is 3.59. The van der Waals surface area contributed by atoms with Crippen molar-refractivity contribution in [3.8, 4) is 17.0 Å². The van der Waals surface area contributed by atoms with Crippen LogP contribution >= 0.6 is 11.3 Å². The maximum Gasteiger partial charge on any atom is 0.339 e. The van der Waals surface area contributed by atoms with Crippen LogP contribution in [0.25, 0.3) is 11.3 Å². The zero-order valence-corrected chi connectivity index (χ0v) is 22.1. The zero-order valence-electron chi connectivity index (χ0n) is 20.5. The zero-order chi connectivity index (χ0) is 27.4. The minimum atomic E-state index is -4.22. The van der Waals surface area contributed by atoms with E-state index in [1.807, 2.05) is 30.5 Å². The van der Waals surface area contributed by atoms with Gasteiger partial charge >= 0.3 is 10.1 Å². The normalized spacial score (nSPS) is 11.1. The molecule has 39 heavy (non-hydrogen) atoms. The van der Waals surface area contributed by atoms with Crippen molar-refractivity contribution in [2.24, 2.45) is 0 Å². The number of thiazole rings is 1. The molecule has 0 spiro atoms. The third-order valence-electron chi connectivity index (χ3n) is 5.61. The van der Waals surface area contributed by atoms with Gasteiger partial charge in [0.2, 0.25) is 0 Å². The minimum Gasteiger partial charge on any atom is -0.379 e. The summed E-state index contributed by atoms with van der Waals surface area (Å²) in [4.78, 5) is 21.3. The van der Waals surface area contributed by atoms with Crippen molar-refractivity contribution in [2.75, 3.05) is 10.6 Å². The number of nitrogens with one attached hydrogen (secondary N) is 2. The first kappa shape index (κ1) is 26.0. The van der Waals surface area contributed by atoms with Gasteiger partial charge in [-0.15, -0.1) is 11.3 Å². The molecule has 0 aliphatic rings. The van der Waals surface area contributed by atoms with Gasteiger partial charge in [0.25, 0.3) is 5.91 Å². The van der Waals surface area contributed by atoms with Gasteiger partial charge in [-0.25, -0.2) is 9.37 Å². The fraction of sp³-hybridized carbons (Fsp3) is 0.0357. The van der Waals surface area contributed by atoms with Crippen molar-refractivity contribution in [2.45, 2.75) is 11.8 Å². The highest BCUT2D eigenvalue weighted by Gasteiger charge is 2.18. The number of carbonyl (C=O) groups excluding carboxylic acids is 1. The molecule has 3 aromatic carbocycles. The Kier molecular flexibility index (Phi) is 7.35. The first-order valence-electron chi connectivity index (χ1n) is 11.6. The van der Waals surface area contributed by atoms with Crippen molar-refractivity contribution in [1.82, 2.24) is 9.97 Å². The summed E-state index contributed by atoms with van der Waals surface area (Å²) < 4.78 is 43.3. The summed E-state index contributed by atoms with van der Waals surface area (Å²) in [5, 5.41) is 8.78. The molecule has 11 heteroatoms. The van der Waals surface area contributed by atoms with Gasteiger partial charge in [-0.3, -0.25) is 9.78 Å². The van der Waals surface area contributed by atoms with Crippen LogP contribution in [0.4, 0.5) is 20.9 Å². The summed E-state index contributed by atoms with van der Waals surface area (Å²) in [6.07, 6.45) is 3.46. The van der Waals surface area contributed by atoms with Crippen LogP contribution in [0.3, 0.4) is 0 Å². The molecule has 0 aliphatic carbocycles. The first-order chi connectivity index (χ1) is 18.8. The molecule has 2 aromatic heterocycles. The minimum absolute atomic E-state index is 0.00765. The maximum atomic E-state index is 13.4. The van der Waals surface area contributed by atoms with Crippen LogP contribution in [0.5, 0.6) is 5.75 Å². The number of anilines is 3. The van der Waals surface area contributed by atoms with Gasteiger partial charge in [0.1, 0.15) is 16.5 Å². The summed E-state index contributed by atoms with van der Waals surface area (Å²) in [6, 6.07) is 19.4. The van der Waals surface area contributed by atoms with E-state index in [1.54, 1.807) is 24.5 Å². The number of aryl methyl sites for hydroxylation is 1. The second-order valence-corrected chi connectivity index (χ2v) is 10.8. The van der Waals surface area contributed by atoms with Crippen LogP contribution in [0.1, 0.15) is 15.9 Å². The van der Waals surface area contributed by atoms with E-state index in [1.165, 1.54) is 47.7 Å². The van der Waals surface area contributed by atoms with Gasteiger partial charge < -0.3 is 14.8 Å². The van der Waals surface area contributed by atoms with Crippen molar-refractivity contribution in [3.63, 3.8) is 0 Å². The van der Waals surface area contributed by atoms with E-state index in [4.69, 9.17) is 4.18 Å². The molecule has 0 unspecified atom stereocenters. The van der Waals surface area contributed by atoms with E-state index in [9.17, 15) is 17.6 Å². The molecule has 5 rings (SSSR count). The molecule has 1 amide bonds. The molecule has 196 valence electrons. The number of aromatic nitrogens is 2. The van der Waals surface area contributed by atoms with Crippen molar-refractivity contribution in [3.05, 3.63) is 114 Å².